The van der Waals surface area contributed by atoms with E-state index < -0.39 is 0 Å². The molecule has 3 aromatic rings. The van der Waals surface area contributed by atoms with E-state index in [-0.39, 0.29) is 5.82 Å². The third-order valence-electron chi connectivity index (χ3n) is 3.20. The van der Waals surface area contributed by atoms with Gasteiger partial charge in [0, 0.05) is 10.1 Å². The van der Waals surface area contributed by atoms with Crippen molar-refractivity contribution in [1.29, 1.82) is 0 Å². The van der Waals surface area contributed by atoms with Gasteiger partial charge >= 0.3 is 0 Å². The maximum Gasteiger partial charge on any atom is 0.184 e. The highest BCUT2D eigenvalue weighted by atomic mass is 127. The van der Waals surface area contributed by atoms with Crippen LogP contribution in [0.25, 0.3) is 16.9 Å². The van der Waals surface area contributed by atoms with Gasteiger partial charge < -0.3 is 4.98 Å². The largest absolute Gasteiger partial charge is 0.327 e. The monoisotopic (exact) mass is 402 g/mol. The minimum Gasteiger partial charge on any atom is -0.327 e. The van der Waals surface area contributed by atoms with E-state index in [1.807, 2.05) is 23.1 Å². The van der Waals surface area contributed by atoms with E-state index in [0.29, 0.717) is 4.77 Å². The van der Waals surface area contributed by atoms with E-state index >= 15 is 0 Å². The van der Waals surface area contributed by atoms with Crippen molar-refractivity contribution < 1.29 is 4.39 Å². The topological polar surface area (TPSA) is 38.5 Å². The van der Waals surface area contributed by atoms with Crippen LogP contribution in [0.2, 0.25) is 0 Å². The van der Waals surface area contributed by atoms with E-state index in [2.05, 4.69) is 32.7 Å². The lowest BCUT2D eigenvalue weighted by Crippen LogP contribution is -2.05. The molecule has 2 heterocycles. The molecule has 0 saturated heterocycles. The fourth-order valence-electron chi connectivity index (χ4n) is 2.31. The summed E-state index contributed by atoms with van der Waals surface area (Å²) in [6, 6.07) is 4.68. The number of aromatic amines is 1. The zero-order valence-electron chi connectivity index (χ0n) is 10.9. The SMILES string of the molecule is CCn1nc(C)c2[nH]c(=S)n(-c3ccc(F)cc3I)c21. The van der Waals surface area contributed by atoms with E-state index in [0.717, 1.165) is 32.7 Å². The van der Waals surface area contributed by atoms with Crippen molar-refractivity contribution in [3.05, 3.63) is 38.1 Å². The van der Waals surface area contributed by atoms with Gasteiger partial charge in [0.15, 0.2) is 10.4 Å². The lowest BCUT2D eigenvalue weighted by molar-refractivity contribution is 0.626. The van der Waals surface area contributed by atoms with Gasteiger partial charge in [-0.15, -0.1) is 0 Å². The van der Waals surface area contributed by atoms with Gasteiger partial charge in [-0.3, -0.25) is 4.57 Å². The molecule has 0 saturated carbocycles. The Morgan fingerprint density at radius 2 is 2.20 bits per heavy atom. The Kier molecular flexibility index (Phi) is 3.41. The van der Waals surface area contributed by atoms with Crippen LogP contribution < -0.4 is 0 Å². The molecule has 0 amide bonds. The summed E-state index contributed by atoms with van der Waals surface area (Å²) in [6.45, 7) is 4.72. The fourth-order valence-corrected chi connectivity index (χ4v) is 3.31. The third kappa shape index (κ3) is 1.99. The first-order valence-corrected chi connectivity index (χ1v) is 7.65. The van der Waals surface area contributed by atoms with Crippen molar-refractivity contribution in [2.75, 3.05) is 0 Å². The Bertz CT molecular complexity index is 861. The normalized spacial score (nSPS) is 11.4. The molecule has 4 nitrogen and oxygen atoms in total. The number of hydrogen-bond acceptors (Lipinski definition) is 2. The maximum absolute atomic E-state index is 13.3. The van der Waals surface area contributed by atoms with Crippen LogP contribution in [0.3, 0.4) is 0 Å². The molecule has 1 N–H and O–H groups in total. The smallest absolute Gasteiger partial charge is 0.184 e. The Hall–Kier alpha value is -1.22. The van der Waals surface area contributed by atoms with Gasteiger partial charge in [-0.25, -0.2) is 9.07 Å². The Morgan fingerprint density at radius 3 is 2.85 bits per heavy atom. The maximum atomic E-state index is 13.3. The van der Waals surface area contributed by atoms with Crippen LogP contribution >= 0.6 is 34.8 Å². The second-order valence-corrected chi connectivity index (χ2v) is 6.01. The molecule has 0 aliphatic carbocycles. The molecule has 1 aromatic carbocycles. The summed E-state index contributed by atoms with van der Waals surface area (Å²) in [5.41, 5.74) is 3.61. The number of aromatic nitrogens is 4. The molecule has 0 spiro atoms. The minimum atomic E-state index is -0.253. The van der Waals surface area contributed by atoms with Crippen LogP contribution in [0.5, 0.6) is 0 Å². The summed E-state index contributed by atoms with van der Waals surface area (Å²) in [6.07, 6.45) is 0. The van der Waals surface area contributed by atoms with Crippen molar-refractivity contribution in [1.82, 2.24) is 19.3 Å². The van der Waals surface area contributed by atoms with Crippen molar-refractivity contribution in [2.24, 2.45) is 0 Å². The second kappa shape index (κ2) is 4.96. The molecule has 7 heteroatoms. The number of nitrogens with one attached hydrogen (secondary N) is 1. The predicted octanol–water partition coefficient (Wildman–Crippen LogP) is 3.96. The Balaban J connectivity index is 2.41. The quantitative estimate of drug-likeness (QED) is 0.521. The highest BCUT2D eigenvalue weighted by Gasteiger charge is 2.16. The first-order valence-electron chi connectivity index (χ1n) is 6.16. The van der Waals surface area contributed by atoms with Crippen molar-refractivity contribution in [3.8, 4) is 5.69 Å². The molecular formula is C13H12FIN4S. The molecule has 20 heavy (non-hydrogen) atoms. The van der Waals surface area contributed by atoms with Crippen LogP contribution in [0, 0.1) is 21.1 Å². The third-order valence-corrected chi connectivity index (χ3v) is 4.35. The summed E-state index contributed by atoms with van der Waals surface area (Å²) in [4.78, 5) is 3.19. The molecule has 0 aliphatic heterocycles. The van der Waals surface area contributed by atoms with E-state index in [1.54, 1.807) is 6.07 Å². The van der Waals surface area contributed by atoms with E-state index in [9.17, 15) is 4.39 Å². The van der Waals surface area contributed by atoms with Gasteiger partial charge in [-0.2, -0.15) is 5.10 Å². The average molecular weight is 402 g/mol. The molecule has 2 aromatic heterocycles. The van der Waals surface area contributed by atoms with Gasteiger partial charge in [-0.1, -0.05) is 0 Å². The molecule has 0 atom stereocenters. The average Bonchev–Trinajstić information content (AvgIpc) is 2.88. The number of H-pyrrole nitrogens is 1. The highest BCUT2D eigenvalue weighted by molar-refractivity contribution is 14.1. The lowest BCUT2D eigenvalue weighted by Gasteiger charge is -2.08. The summed E-state index contributed by atoms with van der Waals surface area (Å²) >= 11 is 7.53. The first kappa shape index (κ1) is 13.7. The number of rotatable bonds is 2. The number of aryl methyl sites for hydroxylation is 2. The highest BCUT2D eigenvalue weighted by Crippen LogP contribution is 2.25. The number of fused-ring (bicyclic) bond motifs is 1. The number of hydrogen-bond donors (Lipinski definition) is 1. The van der Waals surface area contributed by atoms with Gasteiger partial charge in [0.2, 0.25) is 0 Å². The zero-order chi connectivity index (χ0) is 14.4. The summed E-state index contributed by atoms with van der Waals surface area (Å²) < 4.78 is 18.5. The molecule has 3 rings (SSSR count). The van der Waals surface area contributed by atoms with E-state index in [4.69, 9.17) is 12.2 Å². The fraction of sp³-hybridized carbons (Fsp3) is 0.231. The van der Waals surface area contributed by atoms with Crippen LogP contribution in [-0.2, 0) is 6.54 Å². The zero-order valence-corrected chi connectivity index (χ0v) is 13.9. The summed E-state index contributed by atoms with van der Waals surface area (Å²) in [7, 11) is 0. The number of halogens is 2. The van der Waals surface area contributed by atoms with Crippen molar-refractivity contribution >= 4 is 46.0 Å². The van der Waals surface area contributed by atoms with Crippen LogP contribution in [-0.4, -0.2) is 19.3 Å². The lowest BCUT2D eigenvalue weighted by atomic mass is 10.3. The van der Waals surface area contributed by atoms with Gasteiger partial charge in [0.25, 0.3) is 0 Å². The first-order chi connectivity index (χ1) is 9.52. The molecular weight excluding hydrogens is 390 g/mol. The van der Waals surface area contributed by atoms with Gasteiger partial charge in [0.05, 0.1) is 11.4 Å². The Labute approximate surface area is 133 Å². The second-order valence-electron chi connectivity index (χ2n) is 4.46. The molecule has 0 unspecified atom stereocenters. The van der Waals surface area contributed by atoms with Crippen LogP contribution in [0.15, 0.2) is 18.2 Å². The molecule has 0 radical (unpaired) electrons. The van der Waals surface area contributed by atoms with Crippen molar-refractivity contribution in [2.45, 2.75) is 20.4 Å². The molecule has 0 fully saturated rings. The molecule has 0 bridgehead atoms. The number of benzene rings is 1. The van der Waals surface area contributed by atoms with Gasteiger partial charge in [-0.05, 0) is 66.9 Å². The summed E-state index contributed by atoms with van der Waals surface area (Å²) in [5.74, 6) is -0.253. The predicted molar refractivity (Wildman–Crippen MR) is 87.3 cm³/mol. The number of imidazole rings is 1. The standard InChI is InChI=1S/C13H12FIN4S/c1-3-18-12-11(7(2)17-18)16-13(20)19(12)10-5-4-8(14)6-9(10)15/h4-6H,3H2,1-2H3,(H,16,20). The molecule has 104 valence electrons. The van der Waals surface area contributed by atoms with E-state index in [1.165, 1.54) is 12.1 Å². The van der Waals surface area contributed by atoms with Crippen LogP contribution in [0.4, 0.5) is 4.39 Å². The number of nitrogens with zero attached hydrogens (tertiary/aromatic N) is 3. The molecule has 0 aliphatic rings. The minimum absolute atomic E-state index is 0.253. The van der Waals surface area contributed by atoms with Crippen LogP contribution in [0.1, 0.15) is 12.6 Å². The Morgan fingerprint density at radius 1 is 1.45 bits per heavy atom. The van der Waals surface area contributed by atoms with Crippen molar-refractivity contribution in [3.63, 3.8) is 0 Å². The van der Waals surface area contributed by atoms with Gasteiger partial charge in [0.1, 0.15) is 11.3 Å². The summed E-state index contributed by atoms with van der Waals surface area (Å²) in [5, 5.41) is 4.48.